The van der Waals surface area contributed by atoms with E-state index in [1.807, 2.05) is 35.1 Å². The molecule has 292 valence electrons. The van der Waals surface area contributed by atoms with Gasteiger partial charge in [-0.1, -0.05) is 118 Å². The van der Waals surface area contributed by atoms with Gasteiger partial charge in [0.25, 0.3) is 0 Å². The van der Waals surface area contributed by atoms with E-state index >= 15 is 0 Å². The van der Waals surface area contributed by atoms with Gasteiger partial charge in [-0.15, -0.1) is 35.7 Å². The number of ether oxygens (including phenoxy) is 1. The summed E-state index contributed by atoms with van der Waals surface area (Å²) in [5, 5.41) is 7.38. The van der Waals surface area contributed by atoms with Crippen molar-refractivity contribution < 1.29 is 25.2 Å². The van der Waals surface area contributed by atoms with Gasteiger partial charge in [-0.3, -0.25) is 4.68 Å². The molecule has 0 saturated heterocycles. The van der Waals surface area contributed by atoms with Crippen molar-refractivity contribution in [3.8, 4) is 34.1 Å². The predicted molar refractivity (Wildman–Crippen MR) is 229 cm³/mol. The van der Waals surface area contributed by atoms with Crippen molar-refractivity contribution in [3.63, 3.8) is 0 Å². The smallest absolute Gasteiger partial charge is 0.509 e. The Morgan fingerprint density at radius 1 is 0.643 bits per heavy atom. The van der Waals surface area contributed by atoms with E-state index in [9.17, 15) is 0 Å². The van der Waals surface area contributed by atoms with E-state index in [4.69, 9.17) is 14.8 Å². The van der Waals surface area contributed by atoms with Gasteiger partial charge < -0.3 is 9.30 Å². The second-order valence-corrected chi connectivity index (χ2v) is 18.9. The molecule has 0 atom stereocenters. The number of pyridine rings is 1. The molecule has 0 spiro atoms. The summed E-state index contributed by atoms with van der Waals surface area (Å²) in [5.41, 5.74) is 12.5. The van der Waals surface area contributed by atoms with Crippen LogP contribution in [0.5, 0.6) is 11.5 Å². The Morgan fingerprint density at radius 3 is 1.93 bits per heavy atom. The van der Waals surface area contributed by atoms with Crippen LogP contribution < -0.4 is 4.74 Å². The van der Waals surface area contributed by atoms with Crippen molar-refractivity contribution in [3.05, 3.63) is 131 Å². The topological polar surface area (TPSA) is 44.9 Å². The SMILES string of the molecule is Cc1cc(C(C)(C)C)c(-c2c(C)nn(-c3[c-]c(Oc4[c-]c5c(cc4)c4ccccc4n5-c4cc(C(C)(C)C(C)(C)C)ccn4)ccc3)c2C)c(C(C)(C)C)c1.[Pd+2]. The van der Waals surface area contributed by atoms with Gasteiger partial charge in [0.15, 0.2) is 0 Å². The minimum Gasteiger partial charge on any atom is -0.509 e. The molecule has 0 unspecified atom stereocenters. The van der Waals surface area contributed by atoms with E-state index in [0.717, 1.165) is 44.7 Å². The third kappa shape index (κ3) is 7.28. The van der Waals surface area contributed by atoms with E-state index in [2.05, 4.69) is 168 Å². The first-order chi connectivity index (χ1) is 25.7. The van der Waals surface area contributed by atoms with Crippen LogP contribution in [0.3, 0.4) is 0 Å². The van der Waals surface area contributed by atoms with Gasteiger partial charge in [-0.25, -0.2) is 4.98 Å². The van der Waals surface area contributed by atoms with E-state index in [1.54, 1.807) is 0 Å². The standard InChI is InChI=1S/C50H56N4O.Pd/c1-31-26-40(47(4,5)6)46(41(27-31)48(7,8)9)45-32(2)52-54(33(45)3)35-18-17-19-36(29-35)55-37-22-23-39-38-20-15-16-21-42(38)53(43(39)30-37)44-28-34(24-25-51-44)50(13,14)49(10,11)12;/h15-28H,1-14H3;/q-2;+2. The first-order valence-electron chi connectivity index (χ1n) is 19.5. The molecule has 7 rings (SSSR count). The monoisotopic (exact) mass is 834 g/mol. The second kappa shape index (κ2) is 14.5. The van der Waals surface area contributed by atoms with Gasteiger partial charge in [0.2, 0.25) is 0 Å². The molecule has 0 radical (unpaired) electrons. The molecule has 0 aliphatic rings. The summed E-state index contributed by atoms with van der Waals surface area (Å²) in [6.07, 6.45) is 1.93. The Balaban J connectivity index is 0.00000532. The summed E-state index contributed by atoms with van der Waals surface area (Å²) >= 11 is 0. The number of aromatic nitrogens is 4. The van der Waals surface area contributed by atoms with Gasteiger partial charge in [0.05, 0.1) is 5.69 Å². The molecule has 3 aromatic heterocycles. The van der Waals surface area contributed by atoms with E-state index in [1.165, 1.54) is 33.4 Å². The van der Waals surface area contributed by atoms with Gasteiger partial charge in [0, 0.05) is 34.5 Å². The fourth-order valence-corrected chi connectivity index (χ4v) is 7.75. The number of para-hydroxylation sites is 1. The molecule has 0 aliphatic heterocycles. The van der Waals surface area contributed by atoms with E-state index in [-0.39, 0.29) is 42.1 Å². The van der Waals surface area contributed by atoms with Crippen molar-refractivity contribution in [1.82, 2.24) is 19.3 Å². The maximum Gasteiger partial charge on any atom is 2.00 e. The van der Waals surface area contributed by atoms with Crippen molar-refractivity contribution in [2.75, 3.05) is 0 Å². The normalized spacial score (nSPS) is 12.7. The fourth-order valence-electron chi connectivity index (χ4n) is 7.75. The zero-order valence-electron chi connectivity index (χ0n) is 35.6. The average molecular weight is 835 g/mol. The maximum absolute atomic E-state index is 6.57. The molecule has 0 saturated carbocycles. The molecule has 0 bridgehead atoms. The summed E-state index contributed by atoms with van der Waals surface area (Å²) in [4.78, 5) is 4.90. The summed E-state index contributed by atoms with van der Waals surface area (Å²) in [7, 11) is 0. The fraction of sp³-hybridized carbons (Fsp3) is 0.360. The van der Waals surface area contributed by atoms with Gasteiger partial charge in [0.1, 0.15) is 5.82 Å². The molecule has 0 fully saturated rings. The van der Waals surface area contributed by atoms with Crippen LogP contribution >= 0.6 is 0 Å². The van der Waals surface area contributed by atoms with Crippen LogP contribution in [-0.2, 0) is 36.7 Å². The van der Waals surface area contributed by atoms with Crippen molar-refractivity contribution in [2.24, 2.45) is 5.41 Å². The first-order valence-corrected chi connectivity index (χ1v) is 19.5. The Labute approximate surface area is 348 Å². The Hall–Kier alpha value is -4.50. The third-order valence-electron chi connectivity index (χ3n) is 11.8. The number of fused-ring (bicyclic) bond motifs is 3. The molecule has 5 nitrogen and oxygen atoms in total. The molecule has 6 heteroatoms. The van der Waals surface area contributed by atoms with E-state index in [0.29, 0.717) is 11.5 Å². The van der Waals surface area contributed by atoms with Crippen LogP contribution in [0.15, 0.2) is 85.1 Å². The largest absolute Gasteiger partial charge is 2.00 e. The van der Waals surface area contributed by atoms with Gasteiger partial charge in [-0.05, 0) is 94.0 Å². The molecule has 7 aromatic rings. The summed E-state index contributed by atoms with van der Waals surface area (Å²) < 4.78 is 10.8. The minimum absolute atomic E-state index is 0. The number of rotatable bonds is 6. The van der Waals surface area contributed by atoms with Crippen LogP contribution in [0.1, 0.15) is 110 Å². The van der Waals surface area contributed by atoms with Crippen molar-refractivity contribution >= 4 is 21.8 Å². The first kappa shape index (κ1) is 41.1. The molecule has 0 aliphatic carbocycles. The van der Waals surface area contributed by atoms with Gasteiger partial charge >= 0.3 is 20.4 Å². The summed E-state index contributed by atoms with van der Waals surface area (Å²) in [6, 6.07) is 34.8. The van der Waals surface area contributed by atoms with Gasteiger partial charge in [-0.2, -0.15) is 17.2 Å². The summed E-state index contributed by atoms with van der Waals surface area (Å²) in [5.74, 6) is 2.06. The zero-order valence-corrected chi connectivity index (χ0v) is 37.2. The molecule has 3 heterocycles. The van der Waals surface area contributed by atoms with Crippen LogP contribution in [-0.4, -0.2) is 19.3 Å². The maximum atomic E-state index is 6.57. The number of aryl methyl sites for hydroxylation is 2. The van der Waals surface area contributed by atoms with Crippen molar-refractivity contribution in [1.29, 1.82) is 0 Å². The predicted octanol–water partition coefficient (Wildman–Crippen LogP) is 13.3. The van der Waals surface area contributed by atoms with Crippen LogP contribution in [0.25, 0.3) is 44.4 Å². The molecule has 56 heavy (non-hydrogen) atoms. The number of benzene rings is 4. The quantitative estimate of drug-likeness (QED) is 0.124. The molecular formula is C50H56N4OPd. The van der Waals surface area contributed by atoms with E-state index < -0.39 is 0 Å². The molecular weight excluding hydrogens is 779 g/mol. The zero-order chi connectivity index (χ0) is 39.8. The van der Waals surface area contributed by atoms with Crippen molar-refractivity contribution in [2.45, 2.75) is 113 Å². The minimum atomic E-state index is -0.0710. The molecule has 0 N–H and O–H groups in total. The van der Waals surface area contributed by atoms with Crippen LogP contribution in [0.2, 0.25) is 0 Å². The van der Waals surface area contributed by atoms with Crippen LogP contribution in [0, 0.1) is 38.3 Å². The Bertz CT molecular complexity index is 2550. The third-order valence-corrected chi connectivity index (χ3v) is 11.8. The number of hydrogen-bond donors (Lipinski definition) is 0. The number of nitrogens with zero attached hydrogens (tertiary/aromatic N) is 4. The molecule has 0 amide bonds. The second-order valence-electron chi connectivity index (χ2n) is 18.9. The van der Waals surface area contributed by atoms with Crippen LogP contribution in [0.4, 0.5) is 0 Å². The molecule has 4 aromatic carbocycles. The summed E-state index contributed by atoms with van der Waals surface area (Å²) in [6.45, 7) is 31.8. The number of hydrogen-bond acceptors (Lipinski definition) is 3. The Morgan fingerprint density at radius 2 is 1.29 bits per heavy atom. The average Bonchev–Trinajstić information content (AvgIpc) is 3.59. The Kier molecular flexibility index (Phi) is 10.6.